The number of para-hydroxylation sites is 2. The van der Waals surface area contributed by atoms with Crippen LogP contribution in [0.5, 0.6) is 0 Å². The van der Waals surface area contributed by atoms with Crippen molar-refractivity contribution in [2.75, 3.05) is 29.3 Å². The number of hydrogen-bond acceptors (Lipinski definition) is 6. The lowest BCUT2D eigenvalue weighted by Gasteiger charge is -2.19. The van der Waals surface area contributed by atoms with Crippen LogP contribution in [0.1, 0.15) is 25.6 Å². The highest BCUT2D eigenvalue weighted by Gasteiger charge is 2.18. The zero-order valence-electron chi connectivity index (χ0n) is 20.4. The van der Waals surface area contributed by atoms with Crippen molar-refractivity contribution in [1.82, 2.24) is 15.6 Å². The summed E-state index contributed by atoms with van der Waals surface area (Å²) in [5.41, 5.74) is 6.48. The minimum absolute atomic E-state index is 0.248. The van der Waals surface area contributed by atoms with Gasteiger partial charge in [-0.15, -0.1) is 11.3 Å². The molecule has 0 unspecified atom stereocenters. The van der Waals surface area contributed by atoms with Gasteiger partial charge in [0.05, 0.1) is 16.0 Å². The molecule has 0 aliphatic rings. The summed E-state index contributed by atoms with van der Waals surface area (Å²) in [5, 5.41) is 12.4. The van der Waals surface area contributed by atoms with Gasteiger partial charge in [0.2, 0.25) is 0 Å². The number of benzene rings is 3. The van der Waals surface area contributed by atoms with Gasteiger partial charge < -0.3 is 10.2 Å². The molecule has 0 aliphatic heterocycles. The molecule has 0 spiro atoms. The van der Waals surface area contributed by atoms with Crippen molar-refractivity contribution in [1.29, 1.82) is 0 Å². The summed E-state index contributed by atoms with van der Waals surface area (Å²) in [6.07, 6.45) is 0. The summed E-state index contributed by atoms with van der Waals surface area (Å²) in [4.78, 5) is 29.0. The number of aromatic nitrogens is 2. The number of hydrogen-bond donors (Lipinski definition) is 3. The van der Waals surface area contributed by atoms with Gasteiger partial charge in [0.15, 0.2) is 0 Å². The Balaban J connectivity index is 1.23. The number of hydrazine groups is 1. The minimum atomic E-state index is -0.255. The molecule has 37 heavy (non-hydrogen) atoms. The highest BCUT2D eigenvalue weighted by Crippen LogP contribution is 2.29. The molecule has 3 N–H and O–H groups in total. The van der Waals surface area contributed by atoms with Crippen molar-refractivity contribution in [3.8, 4) is 0 Å². The molecule has 0 saturated heterocycles. The average Bonchev–Trinajstić information content (AvgIpc) is 3.52. The number of carbonyl (C=O) groups excluding carboxylic acids is 2. The first-order chi connectivity index (χ1) is 18.0. The summed E-state index contributed by atoms with van der Waals surface area (Å²) < 4.78 is 0. The van der Waals surface area contributed by atoms with Crippen LogP contribution in [0.25, 0.3) is 10.2 Å². The van der Waals surface area contributed by atoms with Crippen LogP contribution in [0.4, 0.5) is 17.2 Å². The molecule has 0 aliphatic carbocycles. The molecule has 2 aromatic heterocycles. The fraction of sp³-hybridized carbons (Fsp3) is 0.107. The van der Waals surface area contributed by atoms with Crippen LogP contribution in [0.15, 0.2) is 91.0 Å². The van der Waals surface area contributed by atoms with Gasteiger partial charge in [-0.05, 0) is 48.0 Å². The fourth-order valence-corrected chi connectivity index (χ4v) is 4.82. The molecular weight excluding hydrogens is 484 g/mol. The van der Waals surface area contributed by atoms with E-state index in [9.17, 15) is 9.59 Å². The highest BCUT2D eigenvalue weighted by atomic mass is 32.1. The number of nitrogens with one attached hydrogen (secondary N) is 3. The quantitative estimate of drug-likeness (QED) is 0.247. The molecule has 186 valence electrons. The van der Waals surface area contributed by atoms with Crippen molar-refractivity contribution >= 4 is 50.6 Å². The Bertz CT molecular complexity index is 1510. The summed E-state index contributed by atoms with van der Waals surface area (Å²) >= 11 is 1.26. The SMILES string of the molecule is CN(Cc1ccc(C(=O)Nc2[nH]nc3sc(C(=O)NN(C)c4ccccc4)cc23)cc1)c1ccccc1. The molecule has 0 radical (unpaired) electrons. The number of fused-ring (bicyclic) bond motifs is 1. The molecule has 5 rings (SSSR count). The van der Waals surface area contributed by atoms with Gasteiger partial charge in [0, 0.05) is 31.9 Å². The molecule has 0 fully saturated rings. The van der Waals surface area contributed by atoms with Crippen LogP contribution in [0.3, 0.4) is 0 Å². The third-order valence-electron chi connectivity index (χ3n) is 5.96. The summed E-state index contributed by atoms with van der Waals surface area (Å²) in [6.45, 7) is 0.728. The van der Waals surface area contributed by atoms with Crippen molar-refractivity contribution in [2.45, 2.75) is 6.54 Å². The second-order valence-electron chi connectivity index (χ2n) is 8.61. The fourth-order valence-electron chi connectivity index (χ4n) is 3.94. The van der Waals surface area contributed by atoms with E-state index in [1.807, 2.05) is 79.8 Å². The molecule has 2 amide bonds. The van der Waals surface area contributed by atoms with Crippen molar-refractivity contribution in [3.63, 3.8) is 0 Å². The predicted octanol–water partition coefficient (Wildman–Crippen LogP) is 5.29. The van der Waals surface area contributed by atoms with Crippen molar-refractivity contribution in [3.05, 3.63) is 107 Å². The molecule has 0 saturated carbocycles. The largest absolute Gasteiger partial charge is 0.370 e. The first-order valence-corrected chi connectivity index (χ1v) is 12.5. The third kappa shape index (κ3) is 5.46. The zero-order valence-corrected chi connectivity index (χ0v) is 21.3. The number of H-pyrrole nitrogens is 1. The lowest BCUT2D eigenvalue weighted by atomic mass is 10.1. The topological polar surface area (TPSA) is 93.4 Å². The minimum Gasteiger partial charge on any atom is -0.370 e. The molecular formula is C28H26N6O2S. The number of aromatic amines is 1. The van der Waals surface area contributed by atoms with Gasteiger partial charge in [0.25, 0.3) is 11.8 Å². The van der Waals surface area contributed by atoms with Gasteiger partial charge in [-0.25, -0.2) is 0 Å². The van der Waals surface area contributed by atoms with E-state index in [-0.39, 0.29) is 11.8 Å². The van der Waals surface area contributed by atoms with Crippen LogP contribution in [-0.2, 0) is 6.54 Å². The van der Waals surface area contributed by atoms with E-state index >= 15 is 0 Å². The summed E-state index contributed by atoms with van der Waals surface area (Å²) in [6, 6.07) is 28.9. The molecule has 8 nitrogen and oxygen atoms in total. The van der Waals surface area contributed by atoms with Crippen LogP contribution in [0.2, 0.25) is 0 Å². The molecule has 3 aromatic carbocycles. The summed E-state index contributed by atoms with van der Waals surface area (Å²) in [7, 11) is 3.82. The van der Waals surface area contributed by atoms with Gasteiger partial charge in [0.1, 0.15) is 10.6 Å². The van der Waals surface area contributed by atoms with Gasteiger partial charge in [-0.3, -0.25) is 25.1 Å². The Morgan fingerprint density at radius 2 is 1.51 bits per heavy atom. The number of rotatable bonds is 8. The lowest BCUT2D eigenvalue weighted by molar-refractivity contribution is 0.0954. The van der Waals surface area contributed by atoms with Crippen LogP contribution >= 0.6 is 11.3 Å². The standard InChI is InChI=1S/C28H26N6O2S/c1-33(21-9-5-3-6-10-21)18-19-13-15-20(16-14-19)26(35)29-25-23-17-24(37-28(23)31-30-25)27(36)32-34(2)22-11-7-4-8-12-22/h3-17H,18H2,1-2H3,(H,32,36)(H2,29,30,31,35). The lowest BCUT2D eigenvalue weighted by Crippen LogP contribution is -2.38. The molecule has 0 bridgehead atoms. The van der Waals surface area contributed by atoms with Gasteiger partial charge in [-0.2, -0.15) is 5.10 Å². The predicted molar refractivity (Wildman–Crippen MR) is 149 cm³/mol. The van der Waals surface area contributed by atoms with E-state index in [1.165, 1.54) is 11.3 Å². The van der Waals surface area contributed by atoms with Crippen LogP contribution in [0, 0.1) is 0 Å². The Morgan fingerprint density at radius 3 is 2.19 bits per heavy atom. The summed E-state index contributed by atoms with van der Waals surface area (Å²) in [5.74, 6) is -0.0446. The van der Waals surface area contributed by atoms with E-state index < -0.39 is 0 Å². The van der Waals surface area contributed by atoms with E-state index in [2.05, 4.69) is 38.0 Å². The maximum Gasteiger partial charge on any atom is 0.279 e. The normalized spacial score (nSPS) is 10.8. The van der Waals surface area contributed by atoms with Gasteiger partial charge in [-0.1, -0.05) is 48.5 Å². The van der Waals surface area contributed by atoms with Crippen molar-refractivity contribution in [2.24, 2.45) is 0 Å². The van der Waals surface area contributed by atoms with E-state index in [4.69, 9.17) is 0 Å². The second kappa shape index (κ2) is 10.5. The first kappa shape index (κ1) is 24.1. The molecule has 5 aromatic rings. The zero-order chi connectivity index (χ0) is 25.8. The second-order valence-corrected chi connectivity index (χ2v) is 9.64. The molecule has 0 atom stereocenters. The highest BCUT2D eigenvalue weighted by molar-refractivity contribution is 7.20. The Kier molecular flexibility index (Phi) is 6.87. The van der Waals surface area contributed by atoms with Crippen molar-refractivity contribution < 1.29 is 9.59 Å². The Hall–Kier alpha value is -4.63. The number of nitrogens with zero attached hydrogens (tertiary/aromatic N) is 3. The number of amides is 2. The first-order valence-electron chi connectivity index (χ1n) is 11.7. The molecule has 9 heteroatoms. The Labute approximate surface area is 218 Å². The van der Waals surface area contributed by atoms with E-state index in [1.54, 1.807) is 18.1 Å². The average molecular weight is 511 g/mol. The van der Waals surface area contributed by atoms with E-state index in [0.29, 0.717) is 26.5 Å². The third-order valence-corrected chi connectivity index (χ3v) is 6.99. The maximum absolute atomic E-state index is 12.9. The van der Waals surface area contributed by atoms with E-state index in [0.717, 1.165) is 23.5 Å². The van der Waals surface area contributed by atoms with Gasteiger partial charge >= 0.3 is 0 Å². The number of thiophene rings is 1. The monoisotopic (exact) mass is 510 g/mol. The van der Waals surface area contributed by atoms with Crippen LogP contribution < -0.4 is 20.7 Å². The van der Waals surface area contributed by atoms with Crippen LogP contribution in [-0.4, -0.2) is 36.1 Å². The molecule has 2 heterocycles. The number of carbonyl (C=O) groups is 2. The maximum atomic E-state index is 12.9. The number of anilines is 3. The Morgan fingerprint density at radius 1 is 0.865 bits per heavy atom. The smallest absolute Gasteiger partial charge is 0.279 e.